The summed E-state index contributed by atoms with van der Waals surface area (Å²) in [4.78, 5) is 7.31. The van der Waals surface area contributed by atoms with Crippen LogP contribution in [-0.4, -0.2) is 48.9 Å². The fourth-order valence-corrected chi connectivity index (χ4v) is 4.67. The van der Waals surface area contributed by atoms with E-state index < -0.39 is 0 Å². The van der Waals surface area contributed by atoms with Crippen LogP contribution in [0.25, 0.3) is 11.0 Å². The van der Waals surface area contributed by atoms with Crippen molar-refractivity contribution in [2.24, 2.45) is 7.05 Å². The molecule has 1 fully saturated rings. The molecule has 0 spiro atoms. The third-order valence-electron chi connectivity index (χ3n) is 6.38. The van der Waals surface area contributed by atoms with Crippen molar-refractivity contribution in [1.29, 1.82) is 0 Å². The summed E-state index contributed by atoms with van der Waals surface area (Å²) in [5.74, 6) is 0.889. The second kappa shape index (κ2) is 7.69. The summed E-state index contributed by atoms with van der Waals surface area (Å²) in [6.45, 7) is 3.52. The zero-order valence-corrected chi connectivity index (χ0v) is 17.2. The van der Waals surface area contributed by atoms with Crippen molar-refractivity contribution < 1.29 is 4.74 Å². The number of hydrogen-bond acceptors (Lipinski definition) is 5. The van der Waals surface area contributed by atoms with Gasteiger partial charge in [-0.15, -0.1) is 0 Å². The largest absolute Gasteiger partial charge is 0.378 e. The Morgan fingerprint density at radius 1 is 1.07 bits per heavy atom. The minimum absolute atomic E-state index is 0.566. The number of pyridine rings is 1. The first-order chi connectivity index (χ1) is 14.2. The number of ether oxygens (including phenoxy) is 1. The molecule has 2 N–H and O–H groups in total. The predicted octanol–water partition coefficient (Wildman–Crippen LogP) is 3.23. The number of likely N-dealkylation sites (N-methyl/N-ethyl adjacent to an activating group) is 1. The predicted molar refractivity (Wildman–Crippen MR) is 118 cm³/mol. The SMILES string of the molecule is CNC1CCc2c(c3ccc(Nc4ccc(N5CCOCC5)cc4)nc3n2C)C1. The number of anilines is 3. The van der Waals surface area contributed by atoms with Crippen molar-refractivity contribution in [1.82, 2.24) is 14.9 Å². The van der Waals surface area contributed by atoms with Crippen LogP contribution in [0.1, 0.15) is 17.7 Å². The van der Waals surface area contributed by atoms with Gasteiger partial charge in [0.2, 0.25) is 0 Å². The molecule has 152 valence electrons. The number of nitrogens with zero attached hydrogens (tertiary/aromatic N) is 3. The Morgan fingerprint density at radius 2 is 1.86 bits per heavy atom. The maximum atomic E-state index is 5.44. The van der Waals surface area contributed by atoms with Crippen LogP contribution in [0.15, 0.2) is 36.4 Å². The molecule has 0 bridgehead atoms. The van der Waals surface area contributed by atoms with Crippen LogP contribution in [0.5, 0.6) is 0 Å². The second-order valence-corrected chi connectivity index (χ2v) is 8.05. The highest BCUT2D eigenvalue weighted by Crippen LogP contribution is 2.32. The van der Waals surface area contributed by atoms with Crippen LogP contribution in [0, 0.1) is 0 Å². The van der Waals surface area contributed by atoms with Crippen LogP contribution < -0.4 is 15.5 Å². The fourth-order valence-electron chi connectivity index (χ4n) is 4.67. The molecule has 2 aliphatic rings. The van der Waals surface area contributed by atoms with Crippen molar-refractivity contribution in [3.8, 4) is 0 Å². The van der Waals surface area contributed by atoms with Crippen LogP contribution in [0.3, 0.4) is 0 Å². The maximum absolute atomic E-state index is 5.44. The molecule has 2 aromatic heterocycles. The highest BCUT2D eigenvalue weighted by molar-refractivity contribution is 5.84. The van der Waals surface area contributed by atoms with Gasteiger partial charge in [-0.05, 0) is 68.3 Å². The van der Waals surface area contributed by atoms with Crippen LogP contribution in [0.2, 0.25) is 0 Å². The molecule has 0 amide bonds. The van der Waals surface area contributed by atoms with E-state index in [1.807, 2.05) is 0 Å². The van der Waals surface area contributed by atoms with E-state index in [0.717, 1.165) is 56.3 Å². The zero-order chi connectivity index (χ0) is 19.8. The van der Waals surface area contributed by atoms with Gasteiger partial charge in [-0.2, -0.15) is 0 Å². The highest BCUT2D eigenvalue weighted by atomic mass is 16.5. The summed E-state index contributed by atoms with van der Waals surface area (Å²) in [6.07, 6.45) is 3.38. The van der Waals surface area contributed by atoms with Crippen LogP contribution in [-0.2, 0) is 24.6 Å². The average Bonchev–Trinajstić information content (AvgIpc) is 3.06. The van der Waals surface area contributed by atoms with Gasteiger partial charge < -0.3 is 24.8 Å². The van der Waals surface area contributed by atoms with Gasteiger partial charge in [0.1, 0.15) is 11.5 Å². The molecule has 0 radical (unpaired) electrons. The summed E-state index contributed by atoms with van der Waals surface area (Å²) in [7, 11) is 4.21. The lowest BCUT2D eigenvalue weighted by atomic mass is 9.92. The lowest BCUT2D eigenvalue weighted by Crippen LogP contribution is -2.36. The van der Waals surface area contributed by atoms with Crippen molar-refractivity contribution in [2.75, 3.05) is 43.6 Å². The molecule has 3 aromatic rings. The normalized spacial score (nSPS) is 19.4. The molecule has 3 heterocycles. The van der Waals surface area contributed by atoms with E-state index in [4.69, 9.17) is 9.72 Å². The Hall–Kier alpha value is -2.57. The lowest BCUT2D eigenvalue weighted by molar-refractivity contribution is 0.122. The summed E-state index contributed by atoms with van der Waals surface area (Å²) in [6, 6.07) is 13.5. The summed E-state index contributed by atoms with van der Waals surface area (Å²) < 4.78 is 7.72. The van der Waals surface area contributed by atoms with E-state index in [9.17, 15) is 0 Å². The number of benzene rings is 1. The van der Waals surface area contributed by atoms with Crippen LogP contribution >= 0.6 is 0 Å². The number of rotatable bonds is 4. The van der Waals surface area contributed by atoms with Crippen molar-refractivity contribution in [3.63, 3.8) is 0 Å². The third kappa shape index (κ3) is 3.47. The Bertz CT molecular complexity index is 1000. The molecule has 1 aromatic carbocycles. The highest BCUT2D eigenvalue weighted by Gasteiger charge is 2.24. The molecular formula is C23H29N5O. The standard InChI is InChI=1S/C23H29N5O/c1-24-17-5-9-21-20(15-17)19-8-10-22(26-23(19)27(21)2)25-16-3-6-18(7-4-16)28-11-13-29-14-12-28/h3-4,6-8,10,17,24H,5,9,11-15H2,1-2H3,(H,25,26). The van der Waals surface area contributed by atoms with Gasteiger partial charge in [0.05, 0.1) is 13.2 Å². The quantitative estimate of drug-likeness (QED) is 0.715. The average molecular weight is 392 g/mol. The molecular weight excluding hydrogens is 362 g/mol. The van der Waals surface area contributed by atoms with Gasteiger partial charge in [0.25, 0.3) is 0 Å². The van der Waals surface area contributed by atoms with Crippen LogP contribution in [0.4, 0.5) is 17.2 Å². The smallest absolute Gasteiger partial charge is 0.142 e. The van der Waals surface area contributed by atoms with E-state index in [-0.39, 0.29) is 0 Å². The van der Waals surface area contributed by atoms with Crippen molar-refractivity contribution in [3.05, 3.63) is 47.7 Å². The number of aryl methyl sites for hydroxylation is 1. The Morgan fingerprint density at radius 3 is 2.62 bits per heavy atom. The minimum Gasteiger partial charge on any atom is -0.378 e. The van der Waals surface area contributed by atoms with Gasteiger partial charge in [-0.3, -0.25) is 0 Å². The van der Waals surface area contributed by atoms with E-state index in [0.29, 0.717) is 6.04 Å². The first kappa shape index (κ1) is 18.5. The lowest BCUT2D eigenvalue weighted by Gasteiger charge is -2.28. The van der Waals surface area contributed by atoms with Crippen molar-refractivity contribution >= 4 is 28.2 Å². The third-order valence-corrected chi connectivity index (χ3v) is 6.38. The monoisotopic (exact) mass is 391 g/mol. The Balaban J connectivity index is 1.38. The summed E-state index contributed by atoms with van der Waals surface area (Å²) >= 11 is 0. The molecule has 1 atom stereocenters. The molecule has 6 heteroatoms. The molecule has 0 saturated carbocycles. The fraction of sp³-hybridized carbons (Fsp3) is 0.435. The first-order valence-corrected chi connectivity index (χ1v) is 10.6. The number of fused-ring (bicyclic) bond motifs is 3. The number of hydrogen-bond donors (Lipinski definition) is 2. The van der Waals surface area contributed by atoms with E-state index >= 15 is 0 Å². The molecule has 5 rings (SSSR count). The second-order valence-electron chi connectivity index (χ2n) is 8.05. The molecule has 1 aliphatic carbocycles. The number of morpholine rings is 1. The number of aromatic nitrogens is 2. The van der Waals surface area contributed by atoms with E-state index in [1.54, 1.807) is 0 Å². The zero-order valence-electron chi connectivity index (χ0n) is 17.2. The van der Waals surface area contributed by atoms with E-state index in [1.165, 1.54) is 28.8 Å². The van der Waals surface area contributed by atoms with Gasteiger partial charge in [0, 0.05) is 48.6 Å². The van der Waals surface area contributed by atoms with Gasteiger partial charge in [-0.25, -0.2) is 4.98 Å². The van der Waals surface area contributed by atoms with Gasteiger partial charge in [0.15, 0.2) is 0 Å². The topological polar surface area (TPSA) is 54.4 Å². The maximum Gasteiger partial charge on any atom is 0.142 e. The van der Waals surface area contributed by atoms with Gasteiger partial charge >= 0.3 is 0 Å². The Labute approximate surface area is 171 Å². The molecule has 6 nitrogen and oxygen atoms in total. The van der Waals surface area contributed by atoms with Gasteiger partial charge in [-0.1, -0.05) is 0 Å². The summed E-state index contributed by atoms with van der Waals surface area (Å²) in [5.41, 5.74) is 6.27. The molecule has 1 aliphatic heterocycles. The first-order valence-electron chi connectivity index (χ1n) is 10.6. The molecule has 29 heavy (non-hydrogen) atoms. The van der Waals surface area contributed by atoms with E-state index in [2.05, 4.69) is 70.6 Å². The minimum atomic E-state index is 0.566. The number of nitrogens with one attached hydrogen (secondary N) is 2. The summed E-state index contributed by atoms with van der Waals surface area (Å²) in [5, 5.41) is 8.20. The molecule has 1 unspecified atom stereocenters. The Kier molecular flexibility index (Phi) is 4.89. The molecule has 1 saturated heterocycles. The van der Waals surface area contributed by atoms with Crippen molar-refractivity contribution in [2.45, 2.75) is 25.3 Å².